The Morgan fingerprint density at radius 3 is 1.51 bits per heavy atom. The lowest BCUT2D eigenvalue weighted by Crippen LogP contribution is -2.28. The molecule has 0 saturated heterocycles. The van der Waals surface area contributed by atoms with E-state index in [1.54, 1.807) is 0 Å². The van der Waals surface area contributed by atoms with Crippen LogP contribution in [0.25, 0.3) is 0 Å². The summed E-state index contributed by atoms with van der Waals surface area (Å²) in [4.78, 5) is 24.0. The molecule has 0 radical (unpaired) electrons. The summed E-state index contributed by atoms with van der Waals surface area (Å²) in [5.74, 6) is -0.608. The number of unbranched alkanes of at least 4 members (excludes halogenated alkanes) is 15. The Kier molecular flexibility index (Phi) is 32.6. The SMILES string of the molecule is CC/C=C\C/C=C\C/C=C\C/C=C\CCCCCCCCCCCCC(=O)OC(CO)COC(=O)CCCCCCCC. The summed E-state index contributed by atoms with van der Waals surface area (Å²) < 4.78 is 10.5. The van der Waals surface area contributed by atoms with Gasteiger partial charge in [0.15, 0.2) is 6.10 Å². The monoisotopic (exact) mass is 602 g/mol. The van der Waals surface area contributed by atoms with E-state index in [1.807, 2.05) is 0 Å². The zero-order chi connectivity index (χ0) is 31.5. The second-order valence-corrected chi connectivity index (χ2v) is 11.6. The van der Waals surface area contributed by atoms with Crippen LogP contribution in [0.1, 0.15) is 162 Å². The Hall–Kier alpha value is -2.14. The number of aliphatic hydroxyl groups is 1. The number of aliphatic hydroxyl groups excluding tert-OH is 1. The van der Waals surface area contributed by atoms with Crippen molar-refractivity contribution in [3.05, 3.63) is 48.6 Å². The van der Waals surface area contributed by atoms with Gasteiger partial charge in [-0.3, -0.25) is 9.59 Å². The summed E-state index contributed by atoms with van der Waals surface area (Å²) in [5.41, 5.74) is 0. The first-order valence-corrected chi connectivity index (χ1v) is 17.7. The van der Waals surface area contributed by atoms with Crippen LogP contribution in [0.4, 0.5) is 0 Å². The summed E-state index contributed by atoms with van der Waals surface area (Å²) in [6.07, 6.45) is 41.9. The highest BCUT2D eigenvalue weighted by Gasteiger charge is 2.16. The summed E-state index contributed by atoms with van der Waals surface area (Å²) >= 11 is 0. The second kappa shape index (κ2) is 34.4. The third-order valence-electron chi connectivity index (χ3n) is 7.39. The molecule has 1 unspecified atom stereocenters. The van der Waals surface area contributed by atoms with Crippen molar-refractivity contribution in [1.29, 1.82) is 0 Å². The quantitative estimate of drug-likeness (QED) is 0.0485. The van der Waals surface area contributed by atoms with Crippen LogP contribution in [-0.2, 0) is 19.1 Å². The molecule has 0 aromatic heterocycles. The number of esters is 2. The van der Waals surface area contributed by atoms with Gasteiger partial charge in [0.2, 0.25) is 0 Å². The van der Waals surface area contributed by atoms with E-state index in [0.717, 1.165) is 64.2 Å². The minimum Gasteiger partial charge on any atom is -0.462 e. The van der Waals surface area contributed by atoms with E-state index in [9.17, 15) is 14.7 Å². The van der Waals surface area contributed by atoms with Crippen molar-refractivity contribution in [3.63, 3.8) is 0 Å². The van der Waals surface area contributed by atoms with E-state index in [0.29, 0.717) is 12.8 Å². The first-order chi connectivity index (χ1) is 21.1. The number of carbonyl (C=O) groups is 2. The lowest BCUT2D eigenvalue weighted by atomic mass is 10.0. The summed E-state index contributed by atoms with van der Waals surface area (Å²) in [6, 6.07) is 0. The molecule has 0 aliphatic heterocycles. The van der Waals surface area contributed by atoms with Crippen LogP contribution in [0.5, 0.6) is 0 Å². The molecule has 0 amide bonds. The first-order valence-electron chi connectivity index (χ1n) is 17.7. The van der Waals surface area contributed by atoms with Crippen LogP contribution >= 0.6 is 0 Å². The zero-order valence-electron chi connectivity index (χ0n) is 28.0. The molecule has 0 heterocycles. The van der Waals surface area contributed by atoms with Gasteiger partial charge in [-0.1, -0.05) is 146 Å². The highest BCUT2D eigenvalue weighted by molar-refractivity contribution is 5.70. The first kappa shape index (κ1) is 40.9. The molecule has 0 spiro atoms. The molecule has 0 aromatic rings. The van der Waals surface area contributed by atoms with E-state index < -0.39 is 6.10 Å². The Bertz CT molecular complexity index is 737. The van der Waals surface area contributed by atoms with E-state index in [1.165, 1.54) is 70.6 Å². The molecule has 0 fully saturated rings. The number of hydrogen-bond donors (Lipinski definition) is 1. The van der Waals surface area contributed by atoms with Gasteiger partial charge in [-0.25, -0.2) is 0 Å². The molecule has 0 aliphatic carbocycles. The van der Waals surface area contributed by atoms with E-state index in [2.05, 4.69) is 62.5 Å². The number of allylic oxidation sites excluding steroid dienone is 8. The number of hydrogen-bond acceptors (Lipinski definition) is 5. The van der Waals surface area contributed by atoms with E-state index in [-0.39, 0.29) is 25.2 Å². The smallest absolute Gasteiger partial charge is 0.306 e. The predicted octanol–water partition coefficient (Wildman–Crippen LogP) is 10.7. The fourth-order valence-electron chi connectivity index (χ4n) is 4.72. The van der Waals surface area contributed by atoms with Crippen LogP contribution in [0, 0.1) is 0 Å². The van der Waals surface area contributed by atoms with Crippen LogP contribution in [0.3, 0.4) is 0 Å². The number of carbonyl (C=O) groups excluding carboxylic acids is 2. The Labute approximate surface area is 265 Å². The lowest BCUT2D eigenvalue weighted by Gasteiger charge is -2.15. The van der Waals surface area contributed by atoms with E-state index >= 15 is 0 Å². The van der Waals surface area contributed by atoms with Gasteiger partial charge < -0.3 is 14.6 Å². The van der Waals surface area contributed by atoms with Crippen LogP contribution in [0.15, 0.2) is 48.6 Å². The zero-order valence-corrected chi connectivity index (χ0v) is 28.0. The second-order valence-electron chi connectivity index (χ2n) is 11.6. The average molecular weight is 603 g/mol. The largest absolute Gasteiger partial charge is 0.462 e. The average Bonchev–Trinajstić information content (AvgIpc) is 3.01. The summed E-state index contributed by atoms with van der Waals surface area (Å²) in [6.45, 7) is 3.94. The maximum Gasteiger partial charge on any atom is 0.306 e. The minimum atomic E-state index is -0.769. The molecule has 248 valence electrons. The molecule has 0 aliphatic rings. The molecule has 1 N–H and O–H groups in total. The minimum absolute atomic E-state index is 0.0681. The van der Waals surface area contributed by atoms with Crippen molar-refractivity contribution in [3.8, 4) is 0 Å². The van der Waals surface area contributed by atoms with Gasteiger partial charge in [0, 0.05) is 12.8 Å². The maximum absolute atomic E-state index is 12.1. The molecule has 1 atom stereocenters. The third-order valence-corrected chi connectivity index (χ3v) is 7.39. The fourth-order valence-corrected chi connectivity index (χ4v) is 4.72. The molecule has 43 heavy (non-hydrogen) atoms. The van der Waals surface area contributed by atoms with Gasteiger partial charge in [0.25, 0.3) is 0 Å². The number of ether oxygens (including phenoxy) is 2. The van der Waals surface area contributed by atoms with Gasteiger partial charge >= 0.3 is 11.9 Å². The normalized spacial score (nSPS) is 12.7. The molecular formula is C38H66O5. The highest BCUT2D eigenvalue weighted by Crippen LogP contribution is 2.13. The van der Waals surface area contributed by atoms with Crippen molar-refractivity contribution >= 4 is 11.9 Å². The molecule has 0 saturated carbocycles. The van der Waals surface area contributed by atoms with Gasteiger partial charge in [0.05, 0.1) is 6.61 Å². The topological polar surface area (TPSA) is 72.8 Å². The molecule has 0 rings (SSSR count). The van der Waals surface area contributed by atoms with Crippen molar-refractivity contribution in [2.75, 3.05) is 13.2 Å². The molecule has 5 nitrogen and oxygen atoms in total. The summed E-state index contributed by atoms with van der Waals surface area (Å²) in [7, 11) is 0. The Balaban J connectivity index is 3.53. The Morgan fingerprint density at radius 1 is 0.558 bits per heavy atom. The standard InChI is InChI=1S/C38H66O5/c1-3-5-7-9-11-12-13-14-15-16-17-18-19-20-21-22-23-24-25-26-27-29-31-33-38(41)43-36(34-39)35-42-37(40)32-30-28-10-8-6-4-2/h5,7,11-12,14-15,17-18,36,39H,3-4,6,8-10,13,16,19-35H2,1-2H3/b7-5-,12-11-,15-14-,18-17-. The van der Waals surface area contributed by atoms with Crippen molar-refractivity contribution in [2.24, 2.45) is 0 Å². The molecule has 5 heteroatoms. The third kappa shape index (κ3) is 32.6. The van der Waals surface area contributed by atoms with Gasteiger partial charge in [0.1, 0.15) is 6.61 Å². The molecular weight excluding hydrogens is 536 g/mol. The van der Waals surface area contributed by atoms with Gasteiger partial charge in [-0.05, 0) is 51.4 Å². The van der Waals surface area contributed by atoms with Gasteiger partial charge in [-0.2, -0.15) is 0 Å². The fraction of sp³-hybridized carbons (Fsp3) is 0.737. The number of rotatable bonds is 31. The molecule has 0 aromatic carbocycles. The Morgan fingerprint density at radius 2 is 1.00 bits per heavy atom. The lowest BCUT2D eigenvalue weighted by molar-refractivity contribution is -0.161. The van der Waals surface area contributed by atoms with E-state index in [4.69, 9.17) is 9.47 Å². The van der Waals surface area contributed by atoms with Crippen molar-refractivity contribution in [1.82, 2.24) is 0 Å². The predicted molar refractivity (Wildman–Crippen MR) is 182 cm³/mol. The summed E-state index contributed by atoms with van der Waals surface area (Å²) in [5, 5.41) is 9.46. The highest BCUT2D eigenvalue weighted by atomic mass is 16.6. The van der Waals surface area contributed by atoms with Gasteiger partial charge in [-0.15, -0.1) is 0 Å². The van der Waals surface area contributed by atoms with Crippen molar-refractivity contribution in [2.45, 2.75) is 168 Å². The van der Waals surface area contributed by atoms with Crippen LogP contribution in [0.2, 0.25) is 0 Å². The molecule has 0 bridgehead atoms. The van der Waals surface area contributed by atoms with Crippen molar-refractivity contribution < 1.29 is 24.2 Å². The van der Waals surface area contributed by atoms with Crippen LogP contribution < -0.4 is 0 Å². The van der Waals surface area contributed by atoms with Crippen LogP contribution in [-0.4, -0.2) is 36.4 Å². The maximum atomic E-state index is 12.1.